The highest BCUT2D eigenvalue weighted by molar-refractivity contribution is 6.39. The fraction of sp³-hybridized carbons (Fsp3) is 0.214. The second kappa shape index (κ2) is 7.68. The largest absolute Gasteiger partial charge is 0.385 e. The molecule has 0 aliphatic heterocycles. The van der Waals surface area contributed by atoms with E-state index >= 15 is 0 Å². The number of aromatic amines is 1. The first kappa shape index (κ1) is 14.6. The molecule has 4 N–H and O–H groups in total. The Labute approximate surface area is 122 Å². The van der Waals surface area contributed by atoms with Crippen LogP contribution in [0.25, 0.3) is 0 Å². The molecule has 7 nitrogen and oxygen atoms in total. The Morgan fingerprint density at radius 2 is 1.86 bits per heavy atom. The summed E-state index contributed by atoms with van der Waals surface area (Å²) in [6.07, 6.45) is 2.21. The zero-order chi connectivity index (χ0) is 14.9. The zero-order valence-corrected chi connectivity index (χ0v) is 11.4. The average Bonchev–Trinajstić information content (AvgIpc) is 3.00. The molecule has 0 spiro atoms. The van der Waals surface area contributed by atoms with Gasteiger partial charge in [-0.2, -0.15) is 5.10 Å². The topological polar surface area (TPSA) is 98.9 Å². The van der Waals surface area contributed by atoms with E-state index in [2.05, 4.69) is 26.1 Å². The van der Waals surface area contributed by atoms with Gasteiger partial charge in [0, 0.05) is 24.8 Å². The van der Waals surface area contributed by atoms with Crippen molar-refractivity contribution in [1.82, 2.24) is 15.5 Å². The Kier molecular flexibility index (Phi) is 5.33. The molecule has 1 aromatic heterocycles. The van der Waals surface area contributed by atoms with Gasteiger partial charge >= 0.3 is 11.8 Å². The van der Waals surface area contributed by atoms with E-state index < -0.39 is 11.8 Å². The predicted molar refractivity (Wildman–Crippen MR) is 79.8 cm³/mol. The molecule has 0 saturated heterocycles. The summed E-state index contributed by atoms with van der Waals surface area (Å²) in [6, 6.07) is 11.3. The molecule has 0 aliphatic carbocycles. The zero-order valence-electron chi connectivity index (χ0n) is 11.4. The van der Waals surface area contributed by atoms with E-state index in [1.165, 1.54) is 6.20 Å². The summed E-state index contributed by atoms with van der Waals surface area (Å²) in [7, 11) is 0. The number of benzene rings is 1. The third kappa shape index (κ3) is 4.98. The van der Waals surface area contributed by atoms with Crippen molar-refractivity contribution in [2.45, 2.75) is 6.42 Å². The number of hydrogen-bond acceptors (Lipinski definition) is 4. The molecule has 0 fully saturated rings. The van der Waals surface area contributed by atoms with Crippen LogP contribution in [-0.2, 0) is 9.59 Å². The molecular weight excluding hydrogens is 270 g/mol. The summed E-state index contributed by atoms with van der Waals surface area (Å²) in [4.78, 5) is 23.0. The van der Waals surface area contributed by atoms with Gasteiger partial charge in [0.15, 0.2) is 0 Å². The van der Waals surface area contributed by atoms with Crippen molar-refractivity contribution in [3.63, 3.8) is 0 Å². The van der Waals surface area contributed by atoms with E-state index in [4.69, 9.17) is 0 Å². The van der Waals surface area contributed by atoms with Gasteiger partial charge in [-0.05, 0) is 18.6 Å². The smallest absolute Gasteiger partial charge is 0.314 e. The predicted octanol–water partition coefficient (Wildman–Crippen LogP) is 0.967. The van der Waals surface area contributed by atoms with Crippen LogP contribution in [0.4, 0.5) is 11.5 Å². The summed E-state index contributed by atoms with van der Waals surface area (Å²) in [5.74, 6) is -0.986. The van der Waals surface area contributed by atoms with Crippen molar-refractivity contribution in [2.75, 3.05) is 23.7 Å². The number of anilines is 2. The second-order valence-corrected chi connectivity index (χ2v) is 4.33. The lowest BCUT2D eigenvalue weighted by Gasteiger charge is -2.07. The maximum Gasteiger partial charge on any atom is 0.314 e. The number of carbonyl (C=O) groups excluding carboxylic acids is 2. The first-order valence-corrected chi connectivity index (χ1v) is 6.63. The fourth-order valence-corrected chi connectivity index (χ4v) is 1.66. The SMILES string of the molecule is O=C(NCCCNc1ccccc1)C(=O)Nc1ccn[nH]1. The van der Waals surface area contributed by atoms with Gasteiger partial charge in [-0.25, -0.2) is 0 Å². The van der Waals surface area contributed by atoms with Crippen LogP contribution < -0.4 is 16.0 Å². The van der Waals surface area contributed by atoms with Crippen molar-refractivity contribution in [3.05, 3.63) is 42.6 Å². The fourth-order valence-electron chi connectivity index (χ4n) is 1.66. The molecule has 1 heterocycles. The Morgan fingerprint density at radius 3 is 2.57 bits per heavy atom. The number of amides is 2. The van der Waals surface area contributed by atoms with E-state index in [1.54, 1.807) is 6.07 Å². The lowest BCUT2D eigenvalue weighted by molar-refractivity contribution is -0.136. The van der Waals surface area contributed by atoms with E-state index in [-0.39, 0.29) is 0 Å². The maximum atomic E-state index is 11.5. The Hall–Kier alpha value is -2.83. The minimum absolute atomic E-state index is 0.390. The molecule has 0 bridgehead atoms. The number of nitrogens with one attached hydrogen (secondary N) is 4. The number of rotatable bonds is 6. The summed E-state index contributed by atoms with van der Waals surface area (Å²) >= 11 is 0. The molecule has 0 atom stereocenters. The molecule has 2 amide bonds. The monoisotopic (exact) mass is 287 g/mol. The Balaban J connectivity index is 1.60. The third-order valence-corrected chi connectivity index (χ3v) is 2.70. The molecular formula is C14H17N5O2. The average molecular weight is 287 g/mol. The highest BCUT2D eigenvalue weighted by Crippen LogP contribution is 2.04. The molecule has 110 valence electrons. The molecule has 2 aromatic rings. The number of aromatic nitrogens is 2. The van der Waals surface area contributed by atoms with Crippen LogP contribution in [0.1, 0.15) is 6.42 Å². The summed E-state index contributed by atoms with van der Waals surface area (Å²) in [5, 5.41) is 14.4. The van der Waals surface area contributed by atoms with Gasteiger partial charge in [-0.15, -0.1) is 0 Å². The van der Waals surface area contributed by atoms with Gasteiger partial charge in [0.05, 0.1) is 6.20 Å². The van der Waals surface area contributed by atoms with Gasteiger partial charge in [0.2, 0.25) is 0 Å². The maximum absolute atomic E-state index is 11.5. The highest BCUT2D eigenvalue weighted by Gasteiger charge is 2.13. The highest BCUT2D eigenvalue weighted by atomic mass is 16.2. The van der Waals surface area contributed by atoms with Gasteiger partial charge in [0.1, 0.15) is 5.82 Å². The molecule has 0 radical (unpaired) electrons. The molecule has 7 heteroatoms. The summed E-state index contributed by atoms with van der Waals surface area (Å²) in [5.41, 5.74) is 1.03. The molecule has 1 aromatic carbocycles. The number of carbonyl (C=O) groups is 2. The number of H-pyrrole nitrogens is 1. The number of para-hydroxylation sites is 1. The standard InChI is InChI=1S/C14H17N5O2/c20-13(14(21)18-12-7-10-17-19-12)16-9-4-8-15-11-5-2-1-3-6-11/h1-3,5-7,10,15H,4,8-9H2,(H,16,20)(H2,17,18,19,21). The normalized spacial score (nSPS) is 9.90. The van der Waals surface area contributed by atoms with Gasteiger partial charge in [0.25, 0.3) is 0 Å². The molecule has 0 saturated carbocycles. The summed E-state index contributed by atoms with van der Waals surface area (Å²) < 4.78 is 0. The Morgan fingerprint density at radius 1 is 1.05 bits per heavy atom. The van der Waals surface area contributed by atoms with Crippen LogP contribution in [0, 0.1) is 0 Å². The minimum Gasteiger partial charge on any atom is -0.385 e. The quantitative estimate of drug-likeness (QED) is 0.470. The molecule has 21 heavy (non-hydrogen) atoms. The van der Waals surface area contributed by atoms with Crippen LogP contribution in [0.5, 0.6) is 0 Å². The van der Waals surface area contributed by atoms with Gasteiger partial charge in [-0.3, -0.25) is 14.7 Å². The van der Waals surface area contributed by atoms with Crippen molar-refractivity contribution < 1.29 is 9.59 Å². The van der Waals surface area contributed by atoms with Crippen molar-refractivity contribution in [3.8, 4) is 0 Å². The van der Waals surface area contributed by atoms with Crippen LogP contribution >= 0.6 is 0 Å². The van der Waals surface area contributed by atoms with Crippen molar-refractivity contribution in [2.24, 2.45) is 0 Å². The van der Waals surface area contributed by atoms with Crippen LogP contribution in [0.3, 0.4) is 0 Å². The first-order chi connectivity index (χ1) is 10.3. The molecule has 0 aliphatic rings. The van der Waals surface area contributed by atoms with Gasteiger partial charge < -0.3 is 16.0 Å². The van der Waals surface area contributed by atoms with E-state index in [1.807, 2.05) is 30.3 Å². The third-order valence-electron chi connectivity index (χ3n) is 2.70. The van der Waals surface area contributed by atoms with Crippen LogP contribution in [0.15, 0.2) is 42.6 Å². The van der Waals surface area contributed by atoms with Crippen molar-refractivity contribution in [1.29, 1.82) is 0 Å². The molecule has 2 rings (SSSR count). The lowest BCUT2D eigenvalue weighted by atomic mass is 10.3. The summed E-state index contributed by atoms with van der Waals surface area (Å²) in [6.45, 7) is 1.14. The van der Waals surface area contributed by atoms with E-state index in [0.717, 1.165) is 12.1 Å². The second-order valence-electron chi connectivity index (χ2n) is 4.33. The van der Waals surface area contributed by atoms with Gasteiger partial charge in [-0.1, -0.05) is 18.2 Å². The lowest BCUT2D eigenvalue weighted by Crippen LogP contribution is -2.36. The number of nitrogens with zero attached hydrogens (tertiary/aromatic N) is 1. The minimum atomic E-state index is -0.713. The van der Waals surface area contributed by atoms with Crippen LogP contribution in [0.2, 0.25) is 0 Å². The Bertz CT molecular complexity index is 568. The number of hydrogen-bond donors (Lipinski definition) is 4. The first-order valence-electron chi connectivity index (χ1n) is 6.63. The molecule has 0 unspecified atom stereocenters. The van der Waals surface area contributed by atoms with Crippen molar-refractivity contribution >= 4 is 23.3 Å². The van der Waals surface area contributed by atoms with Crippen LogP contribution in [-0.4, -0.2) is 35.1 Å². The van der Waals surface area contributed by atoms with E-state index in [9.17, 15) is 9.59 Å². The van der Waals surface area contributed by atoms with E-state index in [0.29, 0.717) is 18.9 Å².